The van der Waals surface area contributed by atoms with Gasteiger partial charge in [-0.15, -0.1) is 0 Å². The molecule has 1 atom stereocenters. The molecule has 1 saturated carbocycles. The third-order valence-corrected chi connectivity index (χ3v) is 4.28. The molecule has 1 heterocycles. The normalized spacial score (nSPS) is 15.0. The molecular formula is C19H24N4O2. The maximum atomic E-state index is 12.5. The van der Waals surface area contributed by atoms with E-state index in [0.29, 0.717) is 12.1 Å². The summed E-state index contributed by atoms with van der Waals surface area (Å²) < 4.78 is 0. The first kappa shape index (κ1) is 17.2. The number of carbonyl (C=O) groups excluding carboxylic acids is 2. The number of hydrogen-bond donors (Lipinski definition) is 3. The lowest BCUT2D eigenvalue weighted by atomic mass is 10.0. The van der Waals surface area contributed by atoms with Gasteiger partial charge in [-0.1, -0.05) is 44.2 Å². The molecule has 1 fully saturated rings. The molecule has 3 N–H and O–H groups in total. The van der Waals surface area contributed by atoms with Crippen molar-refractivity contribution >= 4 is 11.8 Å². The lowest BCUT2D eigenvalue weighted by Gasteiger charge is -2.18. The molecule has 1 unspecified atom stereocenters. The molecule has 1 aromatic carbocycles. The number of nitrogens with zero attached hydrogens (tertiary/aromatic N) is 1. The molecular weight excluding hydrogens is 316 g/mol. The Balaban J connectivity index is 1.70. The Hall–Kier alpha value is -2.63. The monoisotopic (exact) mass is 340 g/mol. The van der Waals surface area contributed by atoms with Gasteiger partial charge in [0.15, 0.2) is 0 Å². The Kier molecular flexibility index (Phi) is 5.16. The minimum atomic E-state index is -0.616. The van der Waals surface area contributed by atoms with Crippen LogP contribution >= 0.6 is 0 Å². The van der Waals surface area contributed by atoms with Crippen molar-refractivity contribution in [3.05, 3.63) is 53.3 Å². The minimum Gasteiger partial charge on any atom is -0.352 e. The molecule has 132 valence electrons. The Morgan fingerprint density at radius 3 is 2.56 bits per heavy atom. The van der Waals surface area contributed by atoms with E-state index >= 15 is 0 Å². The van der Waals surface area contributed by atoms with Crippen LogP contribution in [0.5, 0.6) is 0 Å². The SMILES string of the molecule is CC(C)c1cc(C(=O)NC(Cc2ccccc2)C(=O)NC2CC2)n[nH]1. The molecule has 6 nitrogen and oxygen atoms in total. The highest BCUT2D eigenvalue weighted by Crippen LogP contribution is 2.19. The van der Waals surface area contributed by atoms with Crippen LogP contribution in [-0.4, -0.2) is 34.1 Å². The zero-order valence-corrected chi connectivity index (χ0v) is 14.6. The van der Waals surface area contributed by atoms with Gasteiger partial charge in [0, 0.05) is 18.2 Å². The van der Waals surface area contributed by atoms with Crippen molar-refractivity contribution in [2.45, 2.75) is 51.1 Å². The number of aromatic nitrogens is 2. The molecule has 25 heavy (non-hydrogen) atoms. The first-order valence-corrected chi connectivity index (χ1v) is 8.73. The molecule has 0 saturated heterocycles. The topological polar surface area (TPSA) is 86.9 Å². The lowest BCUT2D eigenvalue weighted by molar-refractivity contribution is -0.123. The third kappa shape index (κ3) is 4.68. The van der Waals surface area contributed by atoms with Gasteiger partial charge < -0.3 is 10.6 Å². The molecule has 1 aliphatic rings. The highest BCUT2D eigenvalue weighted by atomic mass is 16.2. The number of hydrogen-bond acceptors (Lipinski definition) is 3. The van der Waals surface area contributed by atoms with E-state index in [1.165, 1.54) is 0 Å². The van der Waals surface area contributed by atoms with Crippen LogP contribution in [0.4, 0.5) is 0 Å². The predicted octanol–water partition coefficient (Wildman–Crippen LogP) is 2.15. The number of nitrogens with one attached hydrogen (secondary N) is 3. The second-order valence-electron chi connectivity index (χ2n) is 6.86. The van der Waals surface area contributed by atoms with Crippen molar-refractivity contribution in [1.29, 1.82) is 0 Å². The van der Waals surface area contributed by atoms with E-state index in [0.717, 1.165) is 24.1 Å². The van der Waals surface area contributed by atoms with E-state index in [1.54, 1.807) is 6.07 Å². The summed E-state index contributed by atoms with van der Waals surface area (Å²) in [5.74, 6) is -0.221. The Morgan fingerprint density at radius 2 is 1.96 bits per heavy atom. The molecule has 2 aromatic rings. The second-order valence-corrected chi connectivity index (χ2v) is 6.86. The number of aromatic amines is 1. The summed E-state index contributed by atoms with van der Waals surface area (Å²) >= 11 is 0. The van der Waals surface area contributed by atoms with Crippen molar-refractivity contribution in [2.75, 3.05) is 0 Å². The summed E-state index contributed by atoms with van der Waals surface area (Å²) in [7, 11) is 0. The Morgan fingerprint density at radius 1 is 1.24 bits per heavy atom. The summed E-state index contributed by atoms with van der Waals surface area (Å²) in [6.45, 7) is 4.05. The van der Waals surface area contributed by atoms with Crippen molar-refractivity contribution in [1.82, 2.24) is 20.8 Å². The van der Waals surface area contributed by atoms with Gasteiger partial charge in [-0.2, -0.15) is 5.10 Å². The maximum absolute atomic E-state index is 12.5. The van der Waals surface area contributed by atoms with Gasteiger partial charge in [-0.3, -0.25) is 14.7 Å². The molecule has 2 amide bonds. The highest BCUT2D eigenvalue weighted by Gasteiger charge is 2.29. The predicted molar refractivity (Wildman–Crippen MR) is 95.2 cm³/mol. The molecule has 3 rings (SSSR count). The minimum absolute atomic E-state index is 0.140. The van der Waals surface area contributed by atoms with E-state index in [2.05, 4.69) is 20.8 Å². The van der Waals surface area contributed by atoms with Gasteiger partial charge in [-0.05, 0) is 30.4 Å². The highest BCUT2D eigenvalue weighted by molar-refractivity contribution is 5.96. The summed E-state index contributed by atoms with van der Waals surface area (Å²) in [5, 5.41) is 12.7. The number of rotatable bonds is 7. The lowest BCUT2D eigenvalue weighted by Crippen LogP contribution is -2.48. The van der Waals surface area contributed by atoms with Crippen LogP contribution in [-0.2, 0) is 11.2 Å². The molecule has 1 aromatic heterocycles. The maximum Gasteiger partial charge on any atom is 0.272 e. The molecule has 0 radical (unpaired) electrons. The average molecular weight is 340 g/mol. The largest absolute Gasteiger partial charge is 0.352 e. The van der Waals surface area contributed by atoms with Gasteiger partial charge >= 0.3 is 0 Å². The smallest absolute Gasteiger partial charge is 0.272 e. The fourth-order valence-corrected chi connectivity index (χ4v) is 2.57. The van der Waals surface area contributed by atoms with Crippen LogP contribution < -0.4 is 10.6 Å². The molecule has 6 heteroatoms. The first-order valence-electron chi connectivity index (χ1n) is 8.73. The van der Waals surface area contributed by atoms with Crippen molar-refractivity contribution in [2.24, 2.45) is 0 Å². The van der Waals surface area contributed by atoms with E-state index < -0.39 is 6.04 Å². The first-order chi connectivity index (χ1) is 12.0. The Labute approximate surface area is 147 Å². The quantitative estimate of drug-likeness (QED) is 0.722. The van der Waals surface area contributed by atoms with Gasteiger partial charge in [-0.25, -0.2) is 0 Å². The van der Waals surface area contributed by atoms with Gasteiger partial charge in [0.25, 0.3) is 5.91 Å². The van der Waals surface area contributed by atoms with Gasteiger partial charge in [0.05, 0.1) is 0 Å². The van der Waals surface area contributed by atoms with E-state index in [4.69, 9.17) is 0 Å². The van der Waals surface area contributed by atoms with Crippen LogP contribution in [0, 0.1) is 0 Å². The fourth-order valence-electron chi connectivity index (χ4n) is 2.57. The number of benzene rings is 1. The zero-order valence-electron chi connectivity index (χ0n) is 14.6. The van der Waals surface area contributed by atoms with Gasteiger partial charge in [0.2, 0.25) is 5.91 Å². The summed E-state index contributed by atoms with van der Waals surface area (Å²) in [6.07, 6.45) is 2.47. The molecule has 0 spiro atoms. The summed E-state index contributed by atoms with van der Waals surface area (Å²) in [6, 6.07) is 11.1. The van der Waals surface area contributed by atoms with Crippen LogP contribution in [0.2, 0.25) is 0 Å². The fraction of sp³-hybridized carbons (Fsp3) is 0.421. The number of H-pyrrole nitrogens is 1. The average Bonchev–Trinajstić information content (AvgIpc) is 3.26. The Bertz CT molecular complexity index is 735. The summed E-state index contributed by atoms with van der Waals surface area (Å²) in [4.78, 5) is 25.0. The van der Waals surface area contributed by atoms with Crippen molar-refractivity contribution in [3.63, 3.8) is 0 Å². The summed E-state index contributed by atoms with van der Waals surface area (Å²) in [5.41, 5.74) is 2.21. The third-order valence-electron chi connectivity index (χ3n) is 4.28. The second kappa shape index (κ2) is 7.51. The molecule has 1 aliphatic carbocycles. The van der Waals surface area contributed by atoms with Crippen molar-refractivity contribution in [3.8, 4) is 0 Å². The van der Waals surface area contributed by atoms with Crippen LogP contribution in [0.1, 0.15) is 54.4 Å². The number of carbonyl (C=O) groups is 2. The van der Waals surface area contributed by atoms with E-state index in [1.807, 2.05) is 44.2 Å². The van der Waals surface area contributed by atoms with Crippen LogP contribution in [0.3, 0.4) is 0 Å². The standard InChI is InChI=1S/C19H24N4O2/c1-12(2)15-11-17(23-22-15)19(25)21-16(18(24)20-14-8-9-14)10-13-6-4-3-5-7-13/h3-7,11-12,14,16H,8-10H2,1-2H3,(H,20,24)(H,21,25)(H,22,23). The molecule has 0 aliphatic heterocycles. The van der Waals surface area contributed by atoms with E-state index in [9.17, 15) is 9.59 Å². The van der Waals surface area contributed by atoms with Crippen LogP contribution in [0.15, 0.2) is 36.4 Å². The van der Waals surface area contributed by atoms with E-state index in [-0.39, 0.29) is 23.8 Å². The van der Waals surface area contributed by atoms with Crippen molar-refractivity contribution < 1.29 is 9.59 Å². The van der Waals surface area contributed by atoms with Gasteiger partial charge in [0.1, 0.15) is 11.7 Å². The van der Waals surface area contributed by atoms with Crippen LogP contribution in [0.25, 0.3) is 0 Å². The number of amides is 2. The molecule has 0 bridgehead atoms. The zero-order chi connectivity index (χ0) is 17.8.